The maximum absolute atomic E-state index is 12.0. The Labute approximate surface area is 118 Å². The molecule has 0 unspecified atom stereocenters. The van der Waals surface area contributed by atoms with Gasteiger partial charge in [-0.05, 0) is 23.6 Å². The average molecular weight is 286 g/mol. The van der Waals surface area contributed by atoms with E-state index in [9.17, 15) is 4.79 Å². The summed E-state index contributed by atoms with van der Waals surface area (Å²) >= 11 is 3.07. The van der Waals surface area contributed by atoms with Gasteiger partial charge in [-0.15, -0.1) is 22.7 Å². The monoisotopic (exact) mass is 286 g/mol. The molecule has 0 aliphatic rings. The number of anilines is 1. The van der Waals surface area contributed by atoms with Crippen LogP contribution in [-0.2, 0) is 0 Å². The lowest BCUT2D eigenvalue weighted by atomic mass is 10.2. The van der Waals surface area contributed by atoms with E-state index in [1.807, 2.05) is 41.1 Å². The molecular formula is C14H10N2OS2. The highest BCUT2D eigenvalue weighted by atomic mass is 32.1. The van der Waals surface area contributed by atoms with Crippen LogP contribution in [0.5, 0.6) is 0 Å². The average Bonchev–Trinajstić information content (AvgIpc) is 3.10. The zero-order valence-electron chi connectivity index (χ0n) is 9.87. The van der Waals surface area contributed by atoms with Crippen LogP contribution >= 0.6 is 22.7 Å². The van der Waals surface area contributed by atoms with Crippen molar-refractivity contribution in [3.05, 3.63) is 58.8 Å². The van der Waals surface area contributed by atoms with E-state index in [2.05, 4.69) is 10.3 Å². The molecule has 0 radical (unpaired) electrons. The number of hydrogen-bond acceptors (Lipinski definition) is 4. The number of benzene rings is 1. The number of amides is 1. The molecule has 2 aromatic heterocycles. The molecule has 0 aliphatic carbocycles. The Morgan fingerprint density at radius 1 is 1.05 bits per heavy atom. The summed E-state index contributed by atoms with van der Waals surface area (Å²) in [5.41, 5.74) is 1.54. The van der Waals surface area contributed by atoms with Crippen LogP contribution in [-0.4, -0.2) is 10.9 Å². The lowest BCUT2D eigenvalue weighted by Gasteiger charge is -2.00. The summed E-state index contributed by atoms with van der Waals surface area (Å²) in [6.07, 6.45) is 0. The van der Waals surface area contributed by atoms with Crippen molar-refractivity contribution in [2.45, 2.75) is 0 Å². The van der Waals surface area contributed by atoms with E-state index < -0.39 is 0 Å². The van der Waals surface area contributed by atoms with Gasteiger partial charge in [0.15, 0.2) is 5.13 Å². The van der Waals surface area contributed by atoms with Crippen molar-refractivity contribution in [3.63, 3.8) is 0 Å². The van der Waals surface area contributed by atoms with Gasteiger partial charge < -0.3 is 0 Å². The van der Waals surface area contributed by atoms with Gasteiger partial charge in [0.2, 0.25) is 0 Å². The molecule has 0 fully saturated rings. The first kappa shape index (κ1) is 12.1. The molecule has 3 aromatic rings. The molecule has 0 bridgehead atoms. The number of thiophene rings is 1. The minimum atomic E-state index is -0.132. The summed E-state index contributed by atoms with van der Waals surface area (Å²) in [7, 11) is 0. The fraction of sp³-hybridized carbons (Fsp3) is 0. The maximum Gasteiger partial charge on any atom is 0.257 e. The Balaban J connectivity index is 1.76. The standard InChI is InChI=1S/C14H10N2OS2/c17-13(10-5-2-1-3-6-10)16-14-15-11(9-19-14)12-7-4-8-18-12/h1-9H,(H,15,16,17). The molecule has 19 heavy (non-hydrogen) atoms. The third-order valence-electron chi connectivity index (χ3n) is 2.53. The van der Waals surface area contributed by atoms with Gasteiger partial charge in [-0.1, -0.05) is 24.3 Å². The Hall–Kier alpha value is -1.98. The number of thiazole rings is 1. The summed E-state index contributed by atoms with van der Waals surface area (Å²) in [5.74, 6) is -0.132. The Morgan fingerprint density at radius 2 is 1.89 bits per heavy atom. The Bertz CT molecular complexity index is 675. The molecule has 0 saturated carbocycles. The number of rotatable bonds is 3. The van der Waals surface area contributed by atoms with Gasteiger partial charge in [0.05, 0.1) is 10.6 Å². The first-order valence-corrected chi connectivity index (χ1v) is 7.44. The van der Waals surface area contributed by atoms with Gasteiger partial charge in [0.25, 0.3) is 5.91 Å². The predicted octanol–water partition coefficient (Wildman–Crippen LogP) is 4.12. The molecule has 0 saturated heterocycles. The van der Waals surface area contributed by atoms with E-state index in [1.165, 1.54) is 11.3 Å². The van der Waals surface area contributed by atoms with Crippen molar-refractivity contribution in [3.8, 4) is 10.6 Å². The topological polar surface area (TPSA) is 42.0 Å². The summed E-state index contributed by atoms with van der Waals surface area (Å²) in [6, 6.07) is 13.1. The highest BCUT2D eigenvalue weighted by molar-refractivity contribution is 7.16. The molecule has 1 N–H and O–H groups in total. The zero-order chi connectivity index (χ0) is 13.1. The summed E-state index contributed by atoms with van der Waals surface area (Å²) < 4.78 is 0. The van der Waals surface area contributed by atoms with Crippen molar-refractivity contribution >= 4 is 33.7 Å². The largest absolute Gasteiger partial charge is 0.298 e. The predicted molar refractivity (Wildman–Crippen MR) is 79.8 cm³/mol. The van der Waals surface area contributed by atoms with Gasteiger partial charge >= 0.3 is 0 Å². The zero-order valence-corrected chi connectivity index (χ0v) is 11.5. The van der Waals surface area contributed by atoms with E-state index >= 15 is 0 Å². The van der Waals surface area contributed by atoms with Crippen molar-refractivity contribution < 1.29 is 4.79 Å². The van der Waals surface area contributed by atoms with Crippen LogP contribution in [0.25, 0.3) is 10.6 Å². The number of nitrogens with one attached hydrogen (secondary N) is 1. The van der Waals surface area contributed by atoms with Crippen molar-refractivity contribution in [2.24, 2.45) is 0 Å². The minimum absolute atomic E-state index is 0.132. The van der Waals surface area contributed by atoms with Gasteiger partial charge in [-0.25, -0.2) is 4.98 Å². The van der Waals surface area contributed by atoms with Crippen LogP contribution in [0.15, 0.2) is 53.2 Å². The third-order valence-corrected chi connectivity index (χ3v) is 4.18. The SMILES string of the molecule is O=C(Nc1nc(-c2cccs2)cs1)c1ccccc1. The molecule has 3 rings (SSSR count). The van der Waals surface area contributed by atoms with Crippen LogP contribution in [0, 0.1) is 0 Å². The quantitative estimate of drug-likeness (QED) is 0.786. The number of hydrogen-bond donors (Lipinski definition) is 1. The second-order valence-corrected chi connectivity index (χ2v) is 5.64. The molecule has 0 aliphatic heterocycles. The van der Waals surface area contributed by atoms with Gasteiger partial charge in [0, 0.05) is 10.9 Å². The highest BCUT2D eigenvalue weighted by Gasteiger charge is 2.09. The van der Waals surface area contributed by atoms with Crippen molar-refractivity contribution in [1.29, 1.82) is 0 Å². The number of nitrogens with zero attached hydrogens (tertiary/aromatic N) is 1. The van der Waals surface area contributed by atoms with E-state index in [0.29, 0.717) is 10.7 Å². The molecule has 5 heteroatoms. The number of carbonyl (C=O) groups is 1. The van der Waals surface area contributed by atoms with Gasteiger partial charge in [-0.3, -0.25) is 10.1 Å². The molecule has 0 atom stereocenters. The summed E-state index contributed by atoms with van der Waals surface area (Å²) in [5, 5.41) is 7.40. The smallest absolute Gasteiger partial charge is 0.257 e. The maximum atomic E-state index is 12.0. The minimum Gasteiger partial charge on any atom is -0.298 e. The second-order valence-electron chi connectivity index (χ2n) is 3.84. The van der Waals surface area contributed by atoms with Crippen molar-refractivity contribution in [2.75, 3.05) is 5.32 Å². The highest BCUT2D eigenvalue weighted by Crippen LogP contribution is 2.28. The first-order chi connectivity index (χ1) is 9.33. The molecule has 0 spiro atoms. The van der Waals surface area contributed by atoms with Crippen LogP contribution in [0.4, 0.5) is 5.13 Å². The number of aromatic nitrogens is 1. The fourth-order valence-corrected chi connectivity index (χ4v) is 3.09. The third kappa shape index (κ3) is 2.72. The summed E-state index contributed by atoms with van der Waals surface area (Å²) in [4.78, 5) is 17.5. The Kier molecular flexibility index (Phi) is 3.39. The van der Waals surface area contributed by atoms with E-state index in [1.54, 1.807) is 23.5 Å². The lowest BCUT2D eigenvalue weighted by molar-refractivity contribution is 0.102. The summed E-state index contributed by atoms with van der Waals surface area (Å²) in [6.45, 7) is 0. The molecule has 1 amide bonds. The molecular weight excluding hydrogens is 276 g/mol. The first-order valence-electron chi connectivity index (χ1n) is 5.69. The van der Waals surface area contributed by atoms with Crippen molar-refractivity contribution in [1.82, 2.24) is 4.98 Å². The molecule has 3 nitrogen and oxygen atoms in total. The van der Waals surface area contributed by atoms with Crippen LogP contribution in [0.2, 0.25) is 0 Å². The van der Waals surface area contributed by atoms with Crippen LogP contribution in [0.3, 0.4) is 0 Å². The lowest BCUT2D eigenvalue weighted by Crippen LogP contribution is -2.11. The molecule has 1 aromatic carbocycles. The van der Waals surface area contributed by atoms with Gasteiger partial charge in [-0.2, -0.15) is 0 Å². The van der Waals surface area contributed by atoms with E-state index in [0.717, 1.165) is 10.6 Å². The van der Waals surface area contributed by atoms with Crippen LogP contribution in [0.1, 0.15) is 10.4 Å². The fourth-order valence-electron chi connectivity index (χ4n) is 1.63. The van der Waals surface area contributed by atoms with Gasteiger partial charge in [0.1, 0.15) is 0 Å². The van der Waals surface area contributed by atoms with E-state index in [4.69, 9.17) is 0 Å². The Morgan fingerprint density at radius 3 is 2.63 bits per heavy atom. The van der Waals surface area contributed by atoms with Crippen LogP contribution < -0.4 is 5.32 Å². The second kappa shape index (κ2) is 5.34. The number of carbonyl (C=O) groups excluding carboxylic acids is 1. The molecule has 2 heterocycles. The van der Waals surface area contributed by atoms with E-state index in [-0.39, 0.29) is 5.91 Å². The molecule has 94 valence electrons. The normalized spacial score (nSPS) is 10.3.